The molecule has 0 spiro atoms. The molecule has 1 saturated heterocycles. The number of rotatable bonds is 8. The number of imidazole rings is 2. The van der Waals surface area contributed by atoms with Crippen LogP contribution in [0.3, 0.4) is 0 Å². The van der Waals surface area contributed by atoms with Gasteiger partial charge in [-0.05, 0) is 106 Å². The van der Waals surface area contributed by atoms with Gasteiger partial charge in [-0.2, -0.15) is 10.2 Å². The molecule has 1 aliphatic rings. The third kappa shape index (κ3) is 11.7. The SMILES string of the molecule is C.C.CCn1cnc2c(-c3cnn(C)c3)cn(-c3ccc(OC(F)(F)F)cc3)c(=O)c21.CCn1cnc2c(Br)cn(-c3ccc(OC(F)(F)F)cc3)c(=O)c21.Cn1cc(B2OC(C)(C)C(C)(C)O2)cn1. The lowest BCUT2D eigenvalue weighted by Crippen LogP contribution is -2.41. The summed E-state index contributed by atoms with van der Waals surface area (Å²) in [4.78, 5) is 34.4. The zero-order chi connectivity index (χ0) is 49.5. The van der Waals surface area contributed by atoms with Gasteiger partial charge in [0.2, 0.25) is 0 Å². The molecule has 9 rings (SSSR count). The molecule has 2 aromatic carbocycles. The van der Waals surface area contributed by atoms with E-state index in [1.54, 1.807) is 63.0 Å². The highest BCUT2D eigenvalue weighted by molar-refractivity contribution is 9.10. The molecule has 16 nitrogen and oxygen atoms in total. The Kier molecular flexibility index (Phi) is 16.1. The highest BCUT2D eigenvalue weighted by Crippen LogP contribution is 2.36. The maximum absolute atomic E-state index is 13.1. The standard InChI is InChI=1S/C19H16F3N5O2.C15H11BrF3N3O2.C10H17BN2O2.2CH4/c1-3-26-11-23-16-15(12-8-24-25(2)9-12)10-27(18(28)17(16)26)13-4-6-14(7-5-13)29-19(20,21)22;1-2-21-8-20-12-11(16)7-22(14(23)13(12)21)9-3-5-10(6-4-9)24-15(17,18)19;1-9(2)10(3,4)15-11(14-9)8-6-12-13(5)7-8;;/h4-11H,3H2,1-2H3;3-8H,2H2,1H3;6-7H,1-5H3;2*1H4. The van der Waals surface area contributed by atoms with Crippen LogP contribution in [0, 0.1) is 0 Å². The fraction of sp³-hybridized carbons (Fsp3) is 0.348. The molecule has 0 amide bonds. The summed E-state index contributed by atoms with van der Waals surface area (Å²) in [6, 6.07) is 10.2. The predicted octanol–water partition coefficient (Wildman–Crippen LogP) is 9.37. The molecule has 1 fully saturated rings. The summed E-state index contributed by atoms with van der Waals surface area (Å²) in [6.07, 6.45) is 3.95. The van der Waals surface area contributed by atoms with E-state index in [9.17, 15) is 35.9 Å². The van der Waals surface area contributed by atoms with Gasteiger partial charge in [0.1, 0.15) is 33.6 Å². The number of pyridine rings is 2. The molecule has 6 aromatic heterocycles. The molecule has 0 unspecified atom stereocenters. The van der Waals surface area contributed by atoms with Crippen molar-refractivity contribution in [2.24, 2.45) is 14.1 Å². The van der Waals surface area contributed by atoms with Crippen molar-refractivity contribution in [1.82, 2.24) is 47.8 Å². The Bertz CT molecular complexity index is 3180. The molecule has 0 aliphatic carbocycles. The number of aryl methyl sites for hydroxylation is 4. The van der Waals surface area contributed by atoms with Crippen molar-refractivity contribution >= 4 is 50.6 Å². The van der Waals surface area contributed by atoms with E-state index in [-0.39, 0.29) is 55.8 Å². The second kappa shape index (κ2) is 20.7. The van der Waals surface area contributed by atoms with Gasteiger partial charge in [0, 0.05) is 86.1 Å². The van der Waals surface area contributed by atoms with Crippen LogP contribution in [0.1, 0.15) is 56.4 Å². The third-order valence-corrected chi connectivity index (χ3v) is 11.7. The number of hydrogen-bond acceptors (Lipinski definition) is 10. The van der Waals surface area contributed by atoms with Crippen molar-refractivity contribution in [2.45, 2.75) is 93.4 Å². The highest BCUT2D eigenvalue weighted by atomic mass is 79.9. The monoisotopic (exact) mass is 1040 g/mol. The number of ether oxygens (including phenoxy) is 2. The number of halogens is 7. The van der Waals surface area contributed by atoms with Crippen LogP contribution in [0.2, 0.25) is 0 Å². The minimum Gasteiger partial charge on any atom is -0.406 e. The van der Waals surface area contributed by atoms with Crippen LogP contribution in [0.25, 0.3) is 44.6 Å². The largest absolute Gasteiger partial charge is 0.573 e. The average Bonchev–Trinajstić information content (AvgIpc) is 4.11. The van der Waals surface area contributed by atoms with Gasteiger partial charge in [-0.15, -0.1) is 26.3 Å². The second-order valence-corrected chi connectivity index (χ2v) is 17.2. The Hall–Kier alpha value is -6.66. The van der Waals surface area contributed by atoms with Gasteiger partial charge in [0.05, 0.1) is 34.5 Å². The normalized spacial score (nSPS) is 14.0. The molecule has 0 N–H and O–H groups in total. The first-order valence-corrected chi connectivity index (χ1v) is 21.6. The molecule has 0 bridgehead atoms. The Morgan fingerprint density at radius 1 is 0.643 bits per heavy atom. The Labute approximate surface area is 407 Å². The number of benzene rings is 2. The van der Waals surface area contributed by atoms with Crippen molar-refractivity contribution < 1.29 is 45.1 Å². The van der Waals surface area contributed by atoms with Crippen LogP contribution in [0.5, 0.6) is 11.5 Å². The predicted molar refractivity (Wildman–Crippen MR) is 258 cm³/mol. The van der Waals surface area contributed by atoms with Gasteiger partial charge in [-0.3, -0.25) is 28.1 Å². The average molecular weight is 1050 g/mol. The molecule has 7 heterocycles. The van der Waals surface area contributed by atoms with E-state index in [0.717, 1.165) is 23.2 Å². The first kappa shape index (κ1) is 54.3. The zero-order valence-electron chi connectivity index (χ0n) is 37.8. The first-order valence-electron chi connectivity index (χ1n) is 20.8. The summed E-state index contributed by atoms with van der Waals surface area (Å²) >= 11 is 3.37. The minimum atomic E-state index is -4.78. The Morgan fingerprint density at radius 2 is 1.07 bits per heavy atom. The maximum Gasteiger partial charge on any atom is 0.573 e. The Balaban J connectivity index is 0.000000202. The van der Waals surface area contributed by atoms with Crippen molar-refractivity contribution in [3.63, 3.8) is 0 Å². The van der Waals surface area contributed by atoms with E-state index in [4.69, 9.17) is 9.31 Å². The van der Waals surface area contributed by atoms with Crippen LogP contribution >= 0.6 is 15.9 Å². The van der Waals surface area contributed by atoms with Crippen LogP contribution < -0.4 is 26.1 Å². The van der Waals surface area contributed by atoms with E-state index in [2.05, 4.69) is 45.6 Å². The minimum absolute atomic E-state index is 0. The van der Waals surface area contributed by atoms with E-state index >= 15 is 0 Å². The summed E-state index contributed by atoms with van der Waals surface area (Å²) in [5.41, 5.74) is 3.95. The number of aromatic nitrogens is 10. The molecule has 8 aromatic rings. The van der Waals surface area contributed by atoms with Crippen LogP contribution in [-0.4, -0.2) is 78.8 Å². The van der Waals surface area contributed by atoms with Crippen molar-refractivity contribution in [3.05, 3.63) is 124 Å². The molecule has 374 valence electrons. The molecular weight excluding hydrogens is 993 g/mol. The lowest BCUT2D eigenvalue weighted by atomic mass is 9.82. The van der Waals surface area contributed by atoms with Crippen molar-refractivity contribution in [1.29, 1.82) is 0 Å². The summed E-state index contributed by atoms with van der Waals surface area (Å²) < 4.78 is 104. The van der Waals surface area contributed by atoms with E-state index < -0.39 is 12.7 Å². The molecule has 1 aliphatic heterocycles. The van der Waals surface area contributed by atoms with Gasteiger partial charge in [-0.25, -0.2) is 9.97 Å². The van der Waals surface area contributed by atoms with Gasteiger partial charge in [-0.1, -0.05) is 14.9 Å². The van der Waals surface area contributed by atoms with Crippen LogP contribution in [0.4, 0.5) is 26.3 Å². The van der Waals surface area contributed by atoms with Gasteiger partial charge >= 0.3 is 19.8 Å². The fourth-order valence-corrected chi connectivity index (χ4v) is 7.58. The number of nitrogens with zero attached hydrogens (tertiary/aromatic N) is 10. The highest BCUT2D eigenvalue weighted by Gasteiger charge is 2.52. The lowest BCUT2D eigenvalue weighted by Gasteiger charge is -2.32. The van der Waals surface area contributed by atoms with Gasteiger partial charge in [0.15, 0.2) is 0 Å². The zero-order valence-corrected chi connectivity index (χ0v) is 39.4. The van der Waals surface area contributed by atoms with Crippen molar-refractivity contribution in [3.8, 4) is 34.0 Å². The van der Waals surface area contributed by atoms with Crippen LogP contribution in [0.15, 0.2) is 112 Å². The van der Waals surface area contributed by atoms with Crippen LogP contribution in [-0.2, 0) is 36.5 Å². The molecule has 70 heavy (non-hydrogen) atoms. The molecule has 0 atom stereocenters. The van der Waals surface area contributed by atoms with E-state index in [0.29, 0.717) is 56.6 Å². The molecule has 24 heteroatoms. The van der Waals surface area contributed by atoms with Gasteiger partial charge < -0.3 is 27.9 Å². The maximum atomic E-state index is 13.1. The summed E-state index contributed by atoms with van der Waals surface area (Å²) in [6.45, 7) is 13.1. The fourth-order valence-electron chi connectivity index (χ4n) is 7.09. The summed E-state index contributed by atoms with van der Waals surface area (Å²) in [5, 5.41) is 8.28. The molecular formula is C46H52BBrF6N10O6. The first-order chi connectivity index (χ1) is 31.9. The molecule has 0 saturated carbocycles. The van der Waals surface area contributed by atoms with Crippen molar-refractivity contribution in [2.75, 3.05) is 0 Å². The van der Waals surface area contributed by atoms with E-state index in [1.165, 1.54) is 51.7 Å². The second-order valence-electron chi connectivity index (χ2n) is 16.3. The number of alkyl halides is 6. The molecule has 0 radical (unpaired) electrons. The number of fused-ring (bicyclic) bond motifs is 2. The third-order valence-electron chi connectivity index (χ3n) is 11.1. The quantitative estimate of drug-likeness (QED) is 0.106. The summed E-state index contributed by atoms with van der Waals surface area (Å²) in [5.74, 6) is -0.709. The summed E-state index contributed by atoms with van der Waals surface area (Å²) in [7, 11) is 3.36. The lowest BCUT2D eigenvalue weighted by molar-refractivity contribution is -0.275. The number of hydrogen-bond donors (Lipinski definition) is 0. The smallest absolute Gasteiger partial charge is 0.406 e. The Morgan fingerprint density at radius 3 is 1.49 bits per heavy atom. The topological polar surface area (TPSA) is 152 Å². The van der Waals surface area contributed by atoms with Gasteiger partial charge in [0.25, 0.3) is 11.1 Å². The van der Waals surface area contributed by atoms with E-state index in [1.807, 2.05) is 54.8 Å².